The molecular weight excluding hydrogens is 254 g/mol. The highest BCUT2D eigenvalue weighted by atomic mass is 35.5. The lowest BCUT2D eigenvalue weighted by Crippen LogP contribution is -2.14. The Labute approximate surface area is 109 Å². The molecule has 1 aliphatic rings. The molecule has 1 fully saturated rings. The van der Waals surface area contributed by atoms with Gasteiger partial charge in [0.2, 0.25) is 0 Å². The molecule has 0 saturated heterocycles. The molecule has 1 aromatic heterocycles. The maximum atomic E-state index is 11.5. The molecule has 92 valence electrons. The Morgan fingerprint density at radius 3 is 2.89 bits per heavy atom. The quantitative estimate of drug-likeness (QED) is 0.647. The van der Waals surface area contributed by atoms with Crippen LogP contribution in [0.1, 0.15) is 24.3 Å². The van der Waals surface area contributed by atoms with Gasteiger partial charge in [-0.15, -0.1) is 0 Å². The van der Waals surface area contributed by atoms with Crippen molar-refractivity contribution in [1.82, 2.24) is 4.98 Å². The van der Waals surface area contributed by atoms with Crippen molar-refractivity contribution in [2.75, 3.05) is 5.32 Å². The number of carbonyl (C=O) groups is 1. The number of pyridine rings is 1. The second-order valence-corrected chi connectivity index (χ2v) is 4.44. The summed E-state index contributed by atoms with van der Waals surface area (Å²) in [5.74, 6) is -0.605. The van der Waals surface area contributed by atoms with Gasteiger partial charge in [-0.2, -0.15) is 5.26 Å². The minimum atomic E-state index is -0.690. The van der Waals surface area contributed by atoms with Crippen LogP contribution in [0, 0.1) is 11.3 Å². The molecule has 0 atom stereocenters. The summed E-state index contributed by atoms with van der Waals surface area (Å²) in [6.45, 7) is 3.28. The molecule has 0 radical (unpaired) electrons. The van der Waals surface area contributed by atoms with Gasteiger partial charge in [-0.3, -0.25) is 4.79 Å². The van der Waals surface area contributed by atoms with E-state index in [0.29, 0.717) is 10.6 Å². The van der Waals surface area contributed by atoms with Gasteiger partial charge in [0.25, 0.3) is 5.91 Å². The van der Waals surface area contributed by atoms with Crippen LogP contribution in [0.3, 0.4) is 0 Å². The predicted octanol–water partition coefficient (Wildman–Crippen LogP) is 2.34. The summed E-state index contributed by atoms with van der Waals surface area (Å²) in [5.41, 5.74) is 0.351. The van der Waals surface area contributed by atoms with Crippen molar-refractivity contribution in [3.05, 3.63) is 28.9 Å². The number of amides is 1. The number of anilines is 1. The van der Waals surface area contributed by atoms with Gasteiger partial charge in [-0.25, -0.2) is 4.98 Å². The Bertz CT molecular complexity index is 573. The fourth-order valence-electron chi connectivity index (χ4n) is 1.58. The Morgan fingerprint density at radius 1 is 1.67 bits per heavy atom. The number of aromatic hydroxyl groups is 1. The third kappa shape index (κ3) is 2.29. The standard InChI is InChI=1S/C12H10ClN3O2/c1-6(4-14)12(18)16-11-10(17)9(7-2-3-7)8(13)5-15-11/h5,7,17H,1-3H2,(H,15,16,18). The molecular formula is C12H10ClN3O2. The molecule has 0 spiro atoms. The van der Waals surface area contributed by atoms with Crippen molar-refractivity contribution >= 4 is 23.3 Å². The van der Waals surface area contributed by atoms with Crippen molar-refractivity contribution in [3.63, 3.8) is 0 Å². The summed E-state index contributed by atoms with van der Waals surface area (Å²) < 4.78 is 0. The molecule has 0 aliphatic heterocycles. The van der Waals surface area contributed by atoms with E-state index in [0.717, 1.165) is 12.8 Å². The van der Waals surface area contributed by atoms with E-state index in [2.05, 4.69) is 16.9 Å². The van der Waals surface area contributed by atoms with Gasteiger partial charge in [0.05, 0.1) is 5.02 Å². The first kappa shape index (κ1) is 12.4. The SMILES string of the molecule is C=C(C#N)C(=O)Nc1ncc(Cl)c(C2CC2)c1O. The van der Waals surface area contributed by atoms with Gasteiger partial charge in [0, 0.05) is 11.8 Å². The Balaban J connectivity index is 2.30. The molecule has 1 saturated carbocycles. The average molecular weight is 264 g/mol. The molecule has 2 N–H and O–H groups in total. The number of hydrogen-bond acceptors (Lipinski definition) is 4. The highest BCUT2D eigenvalue weighted by Gasteiger charge is 2.30. The zero-order valence-corrected chi connectivity index (χ0v) is 10.2. The van der Waals surface area contributed by atoms with Crippen LogP contribution in [0.4, 0.5) is 5.82 Å². The molecule has 18 heavy (non-hydrogen) atoms. The third-order valence-electron chi connectivity index (χ3n) is 2.67. The summed E-state index contributed by atoms with van der Waals surface area (Å²) in [6.07, 6.45) is 3.28. The lowest BCUT2D eigenvalue weighted by atomic mass is 10.1. The van der Waals surface area contributed by atoms with Crippen LogP contribution in [-0.2, 0) is 4.79 Å². The van der Waals surface area contributed by atoms with Crippen LogP contribution in [0.25, 0.3) is 0 Å². The second-order valence-electron chi connectivity index (χ2n) is 4.04. The van der Waals surface area contributed by atoms with E-state index in [1.807, 2.05) is 0 Å². The van der Waals surface area contributed by atoms with Crippen LogP contribution in [0.2, 0.25) is 5.02 Å². The zero-order chi connectivity index (χ0) is 13.3. The van der Waals surface area contributed by atoms with E-state index in [1.54, 1.807) is 6.07 Å². The summed E-state index contributed by atoms with van der Waals surface area (Å²) in [7, 11) is 0. The normalized spacial score (nSPS) is 13.8. The highest BCUT2D eigenvalue weighted by molar-refractivity contribution is 6.31. The van der Waals surface area contributed by atoms with Crippen LogP contribution in [-0.4, -0.2) is 16.0 Å². The maximum Gasteiger partial charge on any atom is 0.266 e. The Hall–Kier alpha value is -2.06. The molecule has 0 aromatic carbocycles. The van der Waals surface area contributed by atoms with Gasteiger partial charge >= 0.3 is 0 Å². The van der Waals surface area contributed by atoms with E-state index in [9.17, 15) is 9.90 Å². The maximum absolute atomic E-state index is 11.5. The molecule has 6 heteroatoms. The van der Waals surface area contributed by atoms with Crippen LogP contribution >= 0.6 is 11.6 Å². The van der Waals surface area contributed by atoms with Crippen molar-refractivity contribution < 1.29 is 9.90 Å². The Kier molecular flexibility index (Phi) is 3.21. The van der Waals surface area contributed by atoms with Gasteiger partial charge in [0.15, 0.2) is 11.6 Å². The summed E-state index contributed by atoms with van der Waals surface area (Å²) in [5, 5.41) is 21.3. The molecule has 0 bridgehead atoms. The first-order valence-electron chi connectivity index (χ1n) is 5.32. The molecule has 1 amide bonds. The number of carbonyl (C=O) groups excluding carboxylic acids is 1. The number of halogens is 1. The number of aromatic nitrogens is 1. The number of nitrogens with zero attached hydrogens (tertiary/aromatic N) is 2. The lowest BCUT2D eigenvalue weighted by Gasteiger charge is -2.10. The van der Waals surface area contributed by atoms with Crippen molar-refractivity contribution in [3.8, 4) is 11.8 Å². The van der Waals surface area contributed by atoms with E-state index >= 15 is 0 Å². The van der Waals surface area contributed by atoms with E-state index in [1.165, 1.54) is 6.20 Å². The molecule has 5 nitrogen and oxygen atoms in total. The summed E-state index contributed by atoms with van der Waals surface area (Å²) in [6, 6.07) is 1.62. The molecule has 0 unspecified atom stereocenters. The van der Waals surface area contributed by atoms with Crippen LogP contribution in [0.5, 0.6) is 5.75 Å². The van der Waals surface area contributed by atoms with Crippen LogP contribution in [0.15, 0.2) is 18.3 Å². The molecule has 1 aromatic rings. The van der Waals surface area contributed by atoms with Gasteiger partial charge in [-0.1, -0.05) is 18.2 Å². The number of nitrogens with one attached hydrogen (secondary N) is 1. The fourth-order valence-corrected chi connectivity index (χ4v) is 1.87. The summed E-state index contributed by atoms with van der Waals surface area (Å²) in [4.78, 5) is 15.3. The monoisotopic (exact) mass is 263 g/mol. The minimum absolute atomic E-state index is 0.00250. The first-order chi connectivity index (χ1) is 8.54. The number of hydrogen-bond donors (Lipinski definition) is 2. The summed E-state index contributed by atoms with van der Waals surface area (Å²) >= 11 is 5.96. The van der Waals surface area contributed by atoms with E-state index in [4.69, 9.17) is 16.9 Å². The van der Waals surface area contributed by atoms with Crippen molar-refractivity contribution in [1.29, 1.82) is 5.26 Å². The second kappa shape index (κ2) is 4.67. The smallest absolute Gasteiger partial charge is 0.266 e. The highest BCUT2D eigenvalue weighted by Crippen LogP contribution is 2.48. The third-order valence-corrected chi connectivity index (χ3v) is 2.97. The molecule has 1 aliphatic carbocycles. The van der Waals surface area contributed by atoms with Gasteiger partial charge in [0.1, 0.15) is 11.6 Å². The average Bonchev–Trinajstić information content (AvgIpc) is 3.16. The fraction of sp³-hybridized carbons (Fsp3) is 0.250. The molecule has 2 rings (SSSR count). The largest absolute Gasteiger partial charge is 0.504 e. The van der Waals surface area contributed by atoms with Crippen molar-refractivity contribution in [2.24, 2.45) is 0 Å². The minimum Gasteiger partial charge on any atom is -0.504 e. The lowest BCUT2D eigenvalue weighted by molar-refractivity contribution is -0.112. The van der Waals surface area contributed by atoms with Gasteiger partial charge in [-0.05, 0) is 18.8 Å². The Morgan fingerprint density at radius 2 is 2.33 bits per heavy atom. The van der Waals surface area contributed by atoms with E-state index < -0.39 is 5.91 Å². The predicted molar refractivity (Wildman–Crippen MR) is 66.3 cm³/mol. The zero-order valence-electron chi connectivity index (χ0n) is 9.40. The van der Waals surface area contributed by atoms with Gasteiger partial charge < -0.3 is 10.4 Å². The number of nitriles is 1. The first-order valence-corrected chi connectivity index (χ1v) is 5.70. The molecule has 1 heterocycles. The van der Waals surface area contributed by atoms with E-state index in [-0.39, 0.29) is 23.1 Å². The van der Waals surface area contributed by atoms with Crippen LogP contribution < -0.4 is 5.32 Å². The van der Waals surface area contributed by atoms with Crippen molar-refractivity contribution in [2.45, 2.75) is 18.8 Å². The topological polar surface area (TPSA) is 86.0 Å². The number of rotatable bonds is 3.